The van der Waals surface area contributed by atoms with Crippen LogP contribution in [0.2, 0.25) is 0 Å². The van der Waals surface area contributed by atoms with Crippen LogP contribution in [0.5, 0.6) is 0 Å². The second-order valence-corrected chi connectivity index (χ2v) is 3.87. The Morgan fingerprint density at radius 2 is 2.27 bits per heavy atom. The van der Waals surface area contributed by atoms with E-state index in [2.05, 4.69) is 31.3 Å². The van der Waals surface area contributed by atoms with Gasteiger partial charge in [0.1, 0.15) is 0 Å². The maximum absolute atomic E-state index is 3.23. The highest BCUT2D eigenvalue weighted by Crippen LogP contribution is 2.22. The lowest BCUT2D eigenvalue weighted by Crippen LogP contribution is -2.10. The molecule has 0 aliphatic carbocycles. The van der Waals surface area contributed by atoms with Gasteiger partial charge in [0.05, 0.1) is 0 Å². The highest BCUT2D eigenvalue weighted by molar-refractivity contribution is 7.12. The van der Waals surface area contributed by atoms with Crippen molar-refractivity contribution in [2.24, 2.45) is 0 Å². The molecule has 1 N–H and O–H groups in total. The van der Waals surface area contributed by atoms with Crippen molar-refractivity contribution < 1.29 is 0 Å². The van der Waals surface area contributed by atoms with Crippen LogP contribution in [0.1, 0.15) is 29.6 Å². The summed E-state index contributed by atoms with van der Waals surface area (Å²) in [6.07, 6.45) is 1.15. The first-order valence-corrected chi connectivity index (χ1v) is 4.85. The summed E-state index contributed by atoms with van der Waals surface area (Å²) in [6, 6.07) is 4.93. The third-order valence-electron chi connectivity index (χ3n) is 1.89. The molecule has 62 valence electrons. The molecule has 1 atom stereocenters. The minimum absolute atomic E-state index is 0.500. The minimum Gasteiger partial charge on any atom is -0.313 e. The molecule has 0 aromatic carbocycles. The van der Waals surface area contributed by atoms with E-state index in [9.17, 15) is 0 Å². The monoisotopic (exact) mass is 169 g/mol. The maximum Gasteiger partial charge on any atom is 0.0383 e. The molecule has 1 rings (SSSR count). The molecule has 0 aliphatic heterocycles. The van der Waals surface area contributed by atoms with Gasteiger partial charge in [-0.05, 0) is 32.5 Å². The summed E-state index contributed by atoms with van der Waals surface area (Å²) in [6.45, 7) is 4.38. The molecule has 1 aromatic heterocycles. The van der Waals surface area contributed by atoms with Gasteiger partial charge >= 0.3 is 0 Å². The Kier molecular flexibility index (Phi) is 3.09. The van der Waals surface area contributed by atoms with Gasteiger partial charge in [0.25, 0.3) is 0 Å². The number of nitrogens with one attached hydrogen (secondary N) is 1. The van der Waals surface area contributed by atoms with Gasteiger partial charge in [-0.2, -0.15) is 0 Å². The first kappa shape index (κ1) is 8.75. The Bertz CT molecular complexity index is 217. The van der Waals surface area contributed by atoms with Crippen LogP contribution >= 0.6 is 11.3 Å². The van der Waals surface area contributed by atoms with Gasteiger partial charge in [-0.25, -0.2) is 0 Å². The predicted molar refractivity (Wildman–Crippen MR) is 51.2 cm³/mol. The molecule has 0 spiro atoms. The van der Waals surface area contributed by atoms with E-state index in [0.29, 0.717) is 6.04 Å². The van der Waals surface area contributed by atoms with Gasteiger partial charge in [0.2, 0.25) is 0 Å². The molecule has 0 aliphatic rings. The minimum atomic E-state index is 0.500. The van der Waals surface area contributed by atoms with Crippen LogP contribution in [0, 0.1) is 0 Å². The lowest BCUT2D eigenvalue weighted by molar-refractivity contribution is 0.664. The summed E-state index contributed by atoms with van der Waals surface area (Å²) in [4.78, 5) is 2.91. The first-order valence-electron chi connectivity index (χ1n) is 4.03. The summed E-state index contributed by atoms with van der Waals surface area (Å²) >= 11 is 1.90. The predicted octanol–water partition coefficient (Wildman–Crippen LogP) is 2.59. The second kappa shape index (κ2) is 3.88. The molecule has 0 saturated heterocycles. The fourth-order valence-corrected chi connectivity index (χ4v) is 1.97. The standard InChI is InChI=1S/C9H15NS/c1-4-8-5-6-9(11-8)7(2)10-3/h5-7,10H,4H2,1-3H3. The number of aryl methyl sites for hydroxylation is 1. The van der Waals surface area contributed by atoms with E-state index in [1.54, 1.807) is 0 Å². The highest BCUT2D eigenvalue weighted by Gasteiger charge is 2.04. The van der Waals surface area contributed by atoms with Crippen molar-refractivity contribution in [2.75, 3.05) is 7.05 Å². The first-order chi connectivity index (χ1) is 5.27. The molecule has 1 heterocycles. The normalized spacial score (nSPS) is 13.4. The van der Waals surface area contributed by atoms with Gasteiger partial charge < -0.3 is 5.32 Å². The van der Waals surface area contributed by atoms with Gasteiger partial charge in [-0.1, -0.05) is 6.92 Å². The van der Waals surface area contributed by atoms with Crippen LogP contribution in [-0.4, -0.2) is 7.05 Å². The summed E-state index contributed by atoms with van der Waals surface area (Å²) in [7, 11) is 2.00. The molecule has 1 unspecified atom stereocenters. The number of hydrogen-bond acceptors (Lipinski definition) is 2. The fourth-order valence-electron chi connectivity index (χ4n) is 0.960. The quantitative estimate of drug-likeness (QED) is 0.733. The lowest BCUT2D eigenvalue weighted by atomic mass is 10.3. The Morgan fingerprint density at radius 1 is 1.55 bits per heavy atom. The molecular formula is C9H15NS. The SMILES string of the molecule is CCc1ccc(C(C)NC)s1. The van der Waals surface area contributed by atoms with Crippen LogP contribution in [0.15, 0.2) is 12.1 Å². The van der Waals surface area contributed by atoms with Crippen LogP contribution in [0.4, 0.5) is 0 Å². The molecular weight excluding hydrogens is 154 g/mol. The Balaban J connectivity index is 2.71. The van der Waals surface area contributed by atoms with Crippen LogP contribution < -0.4 is 5.32 Å². The molecule has 0 bridgehead atoms. The summed E-state index contributed by atoms with van der Waals surface area (Å²) < 4.78 is 0. The topological polar surface area (TPSA) is 12.0 Å². The van der Waals surface area contributed by atoms with Crippen molar-refractivity contribution in [1.29, 1.82) is 0 Å². The second-order valence-electron chi connectivity index (χ2n) is 2.67. The van der Waals surface area contributed by atoms with E-state index >= 15 is 0 Å². The van der Waals surface area contributed by atoms with Crippen molar-refractivity contribution in [3.63, 3.8) is 0 Å². The molecule has 1 nitrogen and oxygen atoms in total. The van der Waals surface area contributed by atoms with Crippen molar-refractivity contribution in [2.45, 2.75) is 26.3 Å². The Hall–Kier alpha value is -0.340. The van der Waals surface area contributed by atoms with Gasteiger partial charge in [-0.3, -0.25) is 0 Å². The van der Waals surface area contributed by atoms with E-state index in [1.165, 1.54) is 9.75 Å². The molecule has 1 aromatic rings. The van der Waals surface area contributed by atoms with E-state index in [-0.39, 0.29) is 0 Å². The number of thiophene rings is 1. The van der Waals surface area contributed by atoms with Crippen molar-refractivity contribution >= 4 is 11.3 Å². The lowest BCUT2D eigenvalue weighted by Gasteiger charge is -2.05. The van der Waals surface area contributed by atoms with Crippen LogP contribution in [-0.2, 0) is 6.42 Å². The van der Waals surface area contributed by atoms with Gasteiger partial charge in [-0.15, -0.1) is 11.3 Å². The zero-order chi connectivity index (χ0) is 8.27. The molecule has 0 amide bonds. The van der Waals surface area contributed by atoms with E-state index in [0.717, 1.165) is 6.42 Å². The average Bonchev–Trinajstić information content (AvgIpc) is 2.50. The number of rotatable bonds is 3. The molecule has 11 heavy (non-hydrogen) atoms. The third kappa shape index (κ3) is 2.04. The van der Waals surface area contributed by atoms with Crippen LogP contribution in [0.25, 0.3) is 0 Å². The molecule has 0 fully saturated rings. The fraction of sp³-hybridized carbons (Fsp3) is 0.556. The average molecular weight is 169 g/mol. The van der Waals surface area contributed by atoms with Gasteiger partial charge in [0.15, 0.2) is 0 Å². The van der Waals surface area contributed by atoms with E-state index in [1.807, 2.05) is 18.4 Å². The zero-order valence-electron chi connectivity index (χ0n) is 7.35. The Labute approximate surface area is 72.4 Å². The summed E-state index contributed by atoms with van der Waals surface area (Å²) in [5, 5.41) is 3.23. The molecule has 0 radical (unpaired) electrons. The largest absolute Gasteiger partial charge is 0.313 e. The maximum atomic E-state index is 3.23. The highest BCUT2D eigenvalue weighted by atomic mass is 32.1. The molecule has 0 saturated carbocycles. The zero-order valence-corrected chi connectivity index (χ0v) is 8.16. The van der Waals surface area contributed by atoms with Gasteiger partial charge in [0, 0.05) is 15.8 Å². The Morgan fingerprint density at radius 3 is 2.73 bits per heavy atom. The van der Waals surface area contributed by atoms with Crippen molar-refractivity contribution in [3.8, 4) is 0 Å². The van der Waals surface area contributed by atoms with Crippen molar-refractivity contribution in [1.82, 2.24) is 5.32 Å². The van der Waals surface area contributed by atoms with Crippen LogP contribution in [0.3, 0.4) is 0 Å². The van der Waals surface area contributed by atoms with E-state index < -0.39 is 0 Å². The van der Waals surface area contributed by atoms with E-state index in [4.69, 9.17) is 0 Å². The smallest absolute Gasteiger partial charge is 0.0383 e. The summed E-state index contributed by atoms with van der Waals surface area (Å²) in [5.74, 6) is 0. The summed E-state index contributed by atoms with van der Waals surface area (Å²) in [5.41, 5.74) is 0. The molecule has 2 heteroatoms. The van der Waals surface area contributed by atoms with Crippen molar-refractivity contribution in [3.05, 3.63) is 21.9 Å². The third-order valence-corrected chi connectivity index (χ3v) is 3.30. The number of hydrogen-bond donors (Lipinski definition) is 1.